The fourth-order valence-electron chi connectivity index (χ4n) is 4.11. The number of para-hydroxylation sites is 1. The third kappa shape index (κ3) is 3.72. The zero-order valence-electron chi connectivity index (χ0n) is 16.8. The highest BCUT2D eigenvalue weighted by molar-refractivity contribution is 6.03. The van der Waals surface area contributed by atoms with Crippen molar-refractivity contribution in [3.05, 3.63) is 59.7 Å². The Morgan fingerprint density at radius 3 is 2.40 bits per heavy atom. The highest BCUT2D eigenvalue weighted by Crippen LogP contribution is 2.25. The molecule has 3 aromatic rings. The van der Waals surface area contributed by atoms with Gasteiger partial charge in [0.1, 0.15) is 5.76 Å². The second-order valence-electron chi connectivity index (χ2n) is 7.68. The smallest absolute Gasteiger partial charge is 0.278 e. The molecule has 1 amide bonds. The second-order valence-corrected chi connectivity index (χ2v) is 7.68. The van der Waals surface area contributed by atoms with E-state index in [2.05, 4.69) is 54.5 Å². The molecule has 0 radical (unpaired) electrons. The van der Waals surface area contributed by atoms with Gasteiger partial charge in [0.2, 0.25) is 5.95 Å². The van der Waals surface area contributed by atoms with E-state index in [0.717, 1.165) is 63.2 Å². The van der Waals surface area contributed by atoms with E-state index in [0.29, 0.717) is 17.3 Å². The highest BCUT2D eigenvalue weighted by Gasteiger charge is 2.24. The molecule has 1 aliphatic heterocycles. The van der Waals surface area contributed by atoms with Gasteiger partial charge in [-0.15, -0.1) is 0 Å². The van der Waals surface area contributed by atoms with Crippen LogP contribution < -0.4 is 15.1 Å². The van der Waals surface area contributed by atoms with Crippen LogP contribution in [0, 0.1) is 0 Å². The van der Waals surface area contributed by atoms with Gasteiger partial charge in [0.05, 0.1) is 18.1 Å². The summed E-state index contributed by atoms with van der Waals surface area (Å²) in [7, 11) is 0. The summed E-state index contributed by atoms with van der Waals surface area (Å²) in [6, 6.07) is 10.4. The van der Waals surface area contributed by atoms with Gasteiger partial charge in [-0.25, -0.2) is 9.97 Å². The summed E-state index contributed by atoms with van der Waals surface area (Å²) in [5.41, 5.74) is 3.11. The molecule has 1 N–H and O–H groups in total. The van der Waals surface area contributed by atoms with Gasteiger partial charge < -0.3 is 19.6 Å². The van der Waals surface area contributed by atoms with Crippen molar-refractivity contribution in [2.24, 2.45) is 0 Å². The van der Waals surface area contributed by atoms with Gasteiger partial charge in [-0.2, -0.15) is 0 Å². The van der Waals surface area contributed by atoms with Crippen LogP contribution in [0.4, 0.5) is 17.3 Å². The summed E-state index contributed by atoms with van der Waals surface area (Å²) >= 11 is 0. The molecule has 154 valence electrons. The van der Waals surface area contributed by atoms with Crippen LogP contribution in [0.15, 0.2) is 47.2 Å². The minimum absolute atomic E-state index is 0.269. The van der Waals surface area contributed by atoms with Crippen LogP contribution in [0.25, 0.3) is 0 Å². The summed E-state index contributed by atoms with van der Waals surface area (Å²) in [6.45, 7) is 3.55. The van der Waals surface area contributed by atoms with E-state index in [9.17, 15) is 4.79 Å². The predicted molar refractivity (Wildman–Crippen MR) is 114 cm³/mol. The number of aryl methyl sites for hydroxylation is 1. The van der Waals surface area contributed by atoms with Crippen LogP contribution >= 0.6 is 0 Å². The normalized spacial score (nSPS) is 16.3. The monoisotopic (exact) mass is 404 g/mol. The number of piperazine rings is 1. The average Bonchev–Trinajstić information content (AvgIpc) is 3.25. The Morgan fingerprint density at radius 1 is 0.933 bits per heavy atom. The zero-order valence-corrected chi connectivity index (χ0v) is 16.8. The lowest BCUT2D eigenvalue weighted by Gasteiger charge is -2.36. The summed E-state index contributed by atoms with van der Waals surface area (Å²) in [6.07, 6.45) is 7.13. The van der Waals surface area contributed by atoms with E-state index in [1.165, 1.54) is 5.69 Å². The van der Waals surface area contributed by atoms with Gasteiger partial charge in [-0.1, -0.05) is 23.4 Å². The van der Waals surface area contributed by atoms with E-state index in [-0.39, 0.29) is 5.91 Å². The van der Waals surface area contributed by atoms with E-state index in [1.54, 1.807) is 12.4 Å². The van der Waals surface area contributed by atoms with E-state index in [1.807, 2.05) is 6.07 Å². The summed E-state index contributed by atoms with van der Waals surface area (Å²) < 4.78 is 5.33. The molecule has 1 aliphatic carbocycles. The zero-order chi connectivity index (χ0) is 20.3. The summed E-state index contributed by atoms with van der Waals surface area (Å²) in [5, 5.41) is 6.82. The lowest BCUT2D eigenvalue weighted by atomic mass is 9.96. The van der Waals surface area contributed by atoms with Gasteiger partial charge in [-0.05, 0) is 31.4 Å². The number of hydrogen-bond acceptors (Lipinski definition) is 7. The van der Waals surface area contributed by atoms with Crippen molar-refractivity contribution in [3.63, 3.8) is 0 Å². The molecule has 0 saturated carbocycles. The van der Waals surface area contributed by atoms with Crippen LogP contribution in [0.2, 0.25) is 0 Å². The van der Waals surface area contributed by atoms with Crippen molar-refractivity contribution >= 4 is 23.2 Å². The first kappa shape index (κ1) is 18.6. The number of anilines is 3. The van der Waals surface area contributed by atoms with Crippen LogP contribution in [0.3, 0.4) is 0 Å². The predicted octanol–water partition coefficient (Wildman–Crippen LogP) is 2.92. The topological polar surface area (TPSA) is 87.4 Å². The highest BCUT2D eigenvalue weighted by atomic mass is 16.5. The van der Waals surface area contributed by atoms with Crippen molar-refractivity contribution in [1.29, 1.82) is 0 Å². The van der Waals surface area contributed by atoms with Crippen molar-refractivity contribution < 1.29 is 9.32 Å². The van der Waals surface area contributed by atoms with E-state index in [4.69, 9.17) is 4.52 Å². The number of amides is 1. The number of nitrogens with one attached hydrogen (secondary N) is 1. The van der Waals surface area contributed by atoms with Gasteiger partial charge in [-0.3, -0.25) is 4.79 Å². The second kappa shape index (κ2) is 8.14. The average molecular weight is 404 g/mol. The molecular formula is C22H24N6O2. The maximum absolute atomic E-state index is 12.6. The molecule has 0 unspecified atom stereocenters. The molecule has 0 atom stereocenters. The largest absolute Gasteiger partial charge is 0.368 e. The number of hydrogen-bond donors (Lipinski definition) is 1. The third-order valence-corrected chi connectivity index (χ3v) is 5.75. The molecule has 30 heavy (non-hydrogen) atoms. The lowest BCUT2D eigenvalue weighted by Crippen LogP contribution is -2.47. The summed E-state index contributed by atoms with van der Waals surface area (Å²) in [5.74, 6) is 1.25. The van der Waals surface area contributed by atoms with Crippen LogP contribution in [0.5, 0.6) is 0 Å². The molecular weight excluding hydrogens is 380 g/mol. The minimum Gasteiger partial charge on any atom is -0.368 e. The SMILES string of the molecule is O=C(Nc1cnc(N2CCN(c3ccccc3)CC2)nc1)c1noc2c1CCCC2. The third-order valence-electron chi connectivity index (χ3n) is 5.75. The Labute approximate surface area is 174 Å². The standard InChI is InChI=1S/C22H24N6O2/c29-21(20-18-8-4-5-9-19(18)30-26-20)25-16-14-23-22(24-15-16)28-12-10-27(11-13-28)17-6-2-1-3-7-17/h1-3,6-7,14-15H,4-5,8-13H2,(H,25,29). The number of carbonyl (C=O) groups is 1. The van der Waals surface area contributed by atoms with E-state index >= 15 is 0 Å². The molecule has 8 heteroatoms. The quantitative estimate of drug-likeness (QED) is 0.715. The maximum atomic E-state index is 12.6. The van der Waals surface area contributed by atoms with Crippen molar-refractivity contribution in [2.75, 3.05) is 41.3 Å². The number of carbonyl (C=O) groups excluding carboxylic acids is 1. The fraction of sp³-hybridized carbons (Fsp3) is 0.364. The molecule has 3 heterocycles. The Morgan fingerprint density at radius 2 is 1.63 bits per heavy atom. The molecule has 2 aliphatic rings. The Hall–Kier alpha value is -3.42. The van der Waals surface area contributed by atoms with Crippen LogP contribution in [-0.2, 0) is 12.8 Å². The Balaban J connectivity index is 1.20. The first-order valence-electron chi connectivity index (χ1n) is 10.4. The molecule has 8 nitrogen and oxygen atoms in total. The molecule has 0 spiro atoms. The molecule has 1 aromatic carbocycles. The van der Waals surface area contributed by atoms with Crippen LogP contribution in [-0.4, -0.2) is 47.2 Å². The molecule has 1 saturated heterocycles. The number of fused-ring (bicyclic) bond motifs is 1. The minimum atomic E-state index is -0.269. The number of nitrogens with zero attached hydrogens (tertiary/aromatic N) is 5. The lowest BCUT2D eigenvalue weighted by molar-refractivity contribution is 0.101. The number of aromatic nitrogens is 3. The molecule has 2 aromatic heterocycles. The van der Waals surface area contributed by atoms with Gasteiger partial charge in [0.25, 0.3) is 5.91 Å². The van der Waals surface area contributed by atoms with Crippen molar-refractivity contribution in [3.8, 4) is 0 Å². The number of rotatable bonds is 4. The van der Waals surface area contributed by atoms with E-state index < -0.39 is 0 Å². The van der Waals surface area contributed by atoms with Gasteiger partial charge >= 0.3 is 0 Å². The van der Waals surface area contributed by atoms with Gasteiger partial charge in [0.15, 0.2) is 5.69 Å². The first-order chi connectivity index (χ1) is 14.8. The van der Waals surface area contributed by atoms with Crippen molar-refractivity contribution in [1.82, 2.24) is 15.1 Å². The first-order valence-corrected chi connectivity index (χ1v) is 10.4. The fourth-order valence-corrected chi connectivity index (χ4v) is 4.11. The number of benzene rings is 1. The maximum Gasteiger partial charge on any atom is 0.278 e. The molecule has 0 bridgehead atoms. The molecule has 1 fully saturated rings. The van der Waals surface area contributed by atoms with Crippen molar-refractivity contribution in [2.45, 2.75) is 25.7 Å². The van der Waals surface area contributed by atoms with Crippen LogP contribution in [0.1, 0.15) is 34.7 Å². The Bertz CT molecular complexity index is 1010. The molecule has 5 rings (SSSR count). The summed E-state index contributed by atoms with van der Waals surface area (Å²) in [4.78, 5) is 26.0. The Kier molecular flexibility index (Phi) is 5.04. The van der Waals surface area contributed by atoms with Gasteiger partial charge in [0, 0.05) is 43.9 Å².